The molecule has 2 N–H and O–H groups in total. The van der Waals surface area contributed by atoms with E-state index in [1.807, 2.05) is 19.1 Å². The van der Waals surface area contributed by atoms with E-state index < -0.39 is 0 Å². The average Bonchev–Trinajstić information content (AvgIpc) is 3.26. The van der Waals surface area contributed by atoms with Gasteiger partial charge in [-0.25, -0.2) is 9.18 Å². The summed E-state index contributed by atoms with van der Waals surface area (Å²) in [7, 11) is 1.72. The van der Waals surface area contributed by atoms with Crippen LogP contribution in [0.2, 0.25) is 0 Å². The monoisotopic (exact) mass is 380 g/mol. The second kappa shape index (κ2) is 6.99. The molecule has 1 aliphatic heterocycles. The lowest BCUT2D eigenvalue weighted by Gasteiger charge is -2.20. The minimum Gasteiger partial charge on any atom is -0.357 e. The summed E-state index contributed by atoms with van der Waals surface area (Å²) in [6.45, 7) is 3.46. The zero-order valence-corrected chi connectivity index (χ0v) is 15.8. The number of halogens is 1. The molecule has 144 valence electrons. The number of benzene rings is 2. The SMILES string of the molecule is Cc1ccc(C(=O)N(C)Cc2cc3cc(F)ccc3[nH]2)cc1N1CCNC1=O. The Hall–Kier alpha value is -3.35. The molecule has 0 unspecified atom stereocenters. The first kappa shape index (κ1) is 18.0. The first-order chi connectivity index (χ1) is 13.4. The van der Waals surface area contributed by atoms with Crippen LogP contribution in [-0.4, -0.2) is 42.0 Å². The molecule has 2 aromatic carbocycles. The number of carbonyl (C=O) groups is 2. The highest BCUT2D eigenvalue weighted by atomic mass is 19.1. The predicted molar refractivity (Wildman–Crippen MR) is 106 cm³/mol. The molecular weight excluding hydrogens is 359 g/mol. The summed E-state index contributed by atoms with van der Waals surface area (Å²) in [5, 5.41) is 3.55. The maximum atomic E-state index is 13.4. The Bertz CT molecular complexity index is 1080. The molecule has 3 amide bonds. The zero-order valence-electron chi connectivity index (χ0n) is 15.8. The van der Waals surface area contributed by atoms with Gasteiger partial charge in [0.2, 0.25) is 0 Å². The summed E-state index contributed by atoms with van der Waals surface area (Å²) in [5.74, 6) is -0.439. The molecule has 6 nitrogen and oxygen atoms in total. The molecule has 28 heavy (non-hydrogen) atoms. The van der Waals surface area contributed by atoms with Gasteiger partial charge in [0.1, 0.15) is 5.82 Å². The number of carbonyl (C=O) groups excluding carboxylic acids is 2. The van der Waals surface area contributed by atoms with Crippen LogP contribution in [0.5, 0.6) is 0 Å². The van der Waals surface area contributed by atoms with Gasteiger partial charge in [-0.2, -0.15) is 0 Å². The van der Waals surface area contributed by atoms with Crippen LogP contribution in [-0.2, 0) is 6.54 Å². The molecule has 0 spiro atoms. The van der Waals surface area contributed by atoms with Crippen LogP contribution >= 0.6 is 0 Å². The Labute approximate surface area is 161 Å². The third-order valence-corrected chi connectivity index (χ3v) is 5.00. The highest BCUT2D eigenvalue weighted by molar-refractivity contribution is 5.99. The van der Waals surface area contributed by atoms with Crippen molar-refractivity contribution in [1.82, 2.24) is 15.2 Å². The second-order valence-electron chi connectivity index (χ2n) is 7.07. The largest absolute Gasteiger partial charge is 0.357 e. The minimum atomic E-state index is -0.291. The molecule has 7 heteroatoms. The molecule has 0 atom stereocenters. The Morgan fingerprint density at radius 2 is 2.04 bits per heavy atom. The number of nitrogens with one attached hydrogen (secondary N) is 2. The van der Waals surface area contributed by atoms with Crippen LogP contribution in [0.1, 0.15) is 21.6 Å². The van der Waals surface area contributed by atoms with Crippen molar-refractivity contribution < 1.29 is 14.0 Å². The fourth-order valence-corrected chi connectivity index (χ4v) is 3.53. The van der Waals surface area contributed by atoms with Crippen LogP contribution in [0.15, 0.2) is 42.5 Å². The molecule has 4 rings (SSSR count). The van der Waals surface area contributed by atoms with E-state index >= 15 is 0 Å². The zero-order chi connectivity index (χ0) is 19.8. The van der Waals surface area contributed by atoms with E-state index in [0.29, 0.717) is 25.2 Å². The Morgan fingerprint density at radius 1 is 1.21 bits per heavy atom. The Kier molecular flexibility index (Phi) is 4.50. The predicted octanol–water partition coefficient (Wildman–Crippen LogP) is 3.42. The first-order valence-corrected chi connectivity index (χ1v) is 9.11. The molecule has 1 saturated heterocycles. The van der Waals surface area contributed by atoms with Crippen LogP contribution in [0, 0.1) is 12.7 Å². The summed E-state index contributed by atoms with van der Waals surface area (Å²) in [4.78, 5) is 31.3. The lowest BCUT2D eigenvalue weighted by Crippen LogP contribution is -2.29. The number of hydrogen-bond donors (Lipinski definition) is 2. The van der Waals surface area contributed by atoms with E-state index in [-0.39, 0.29) is 17.8 Å². The smallest absolute Gasteiger partial charge is 0.322 e. The van der Waals surface area contributed by atoms with E-state index in [1.165, 1.54) is 12.1 Å². The number of urea groups is 1. The standard InChI is InChI=1S/C21H21FN4O2/c1-13-3-4-14(11-19(13)26-8-7-23-21(26)28)20(27)25(2)12-17-10-15-9-16(22)5-6-18(15)24-17/h3-6,9-11,24H,7-8,12H2,1-2H3,(H,23,28). The number of H-pyrrole nitrogens is 1. The fraction of sp³-hybridized carbons (Fsp3) is 0.238. The topological polar surface area (TPSA) is 68.4 Å². The highest BCUT2D eigenvalue weighted by Gasteiger charge is 2.24. The van der Waals surface area contributed by atoms with Crippen molar-refractivity contribution in [3.63, 3.8) is 0 Å². The molecule has 0 saturated carbocycles. The van der Waals surface area contributed by atoms with E-state index in [2.05, 4.69) is 10.3 Å². The second-order valence-corrected chi connectivity index (χ2v) is 7.07. The van der Waals surface area contributed by atoms with Gasteiger partial charge < -0.3 is 15.2 Å². The van der Waals surface area contributed by atoms with Crippen LogP contribution in [0.4, 0.5) is 14.9 Å². The third kappa shape index (κ3) is 3.31. The van der Waals surface area contributed by atoms with Crippen molar-refractivity contribution in [1.29, 1.82) is 0 Å². The number of hydrogen-bond acceptors (Lipinski definition) is 2. The maximum Gasteiger partial charge on any atom is 0.322 e. The van der Waals surface area contributed by atoms with Gasteiger partial charge in [0.05, 0.1) is 6.54 Å². The summed E-state index contributed by atoms with van der Waals surface area (Å²) in [5.41, 5.74) is 3.85. The molecule has 0 aliphatic carbocycles. The van der Waals surface area contributed by atoms with Crippen molar-refractivity contribution >= 4 is 28.5 Å². The van der Waals surface area contributed by atoms with Gasteiger partial charge in [-0.1, -0.05) is 6.07 Å². The van der Waals surface area contributed by atoms with Gasteiger partial charge in [0, 0.05) is 48.0 Å². The van der Waals surface area contributed by atoms with Gasteiger partial charge >= 0.3 is 6.03 Å². The lowest BCUT2D eigenvalue weighted by atomic mass is 10.1. The Balaban J connectivity index is 1.55. The van der Waals surface area contributed by atoms with Gasteiger partial charge in [-0.3, -0.25) is 9.69 Å². The molecule has 2 heterocycles. The fourth-order valence-electron chi connectivity index (χ4n) is 3.53. The van der Waals surface area contributed by atoms with Crippen molar-refractivity contribution in [2.45, 2.75) is 13.5 Å². The van der Waals surface area contributed by atoms with E-state index in [4.69, 9.17) is 0 Å². The van der Waals surface area contributed by atoms with Gasteiger partial charge in [-0.15, -0.1) is 0 Å². The van der Waals surface area contributed by atoms with Crippen LogP contribution in [0.3, 0.4) is 0 Å². The number of aromatic amines is 1. The molecule has 1 aromatic heterocycles. The van der Waals surface area contributed by atoms with E-state index in [1.54, 1.807) is 35.0 Å². The number of anilines is 1. The quantitative estimate of drug-likeness (QED) is 0.728. The molecule has 0 bridgehead atoms. The van der Waals surface area contributed by atoms with Crippen molar-refractivity contribution in [3.05, 3.63) is 65.1 Å². The Morgan fingerprint density at radius 3 is 2.79 bits per heavy atom. The first-order valence-electron chi connectivity index (χ1n) is 9.11. The normalized spacial score (nSPS) is 13.8. The molecule has 0 radical (unpaired) electrons. The highest BCUT2D eigenvalue weighted by Crippen LogP contribution is 2.24. The molecular formula is C21H21FN4O2. The summed E-state index contributed by atoms with van der Waals surface area (Å²) in [6.07, 6.45) is 0. The average molecular weight is 380 g/mol. The van der Waals surface area contributed by atoms with Gasteiger partial charge in [-0.05, 0) is 48.9 Å². The number of aromatic nitrogens is 1. The molecule has 1 aliphatic rings. The molecule has 3 aromatic rings. The summed E-state index contributed by atoms with van der Waals surface area (Å²) < 4.78 is 13.4. The summed E-state index contributed by atoms with van der Waals surface area (Å²) >= 11 is 0. The molecule has 1 fully saturated rings. The summed E-state index contributed by atoms with van der Waals surface area (Å²) in [6, 6.07) is 11.6. The number of rotatable bonds is 4. The van der Waals surface area contributed by atoms with Crippen LogP contribution in [0.25, 0.3) is 10.9 Å². The number of fused-ring (bicyclic) bond motifs is 1. The minimum absolute atomic E-state index is 0.147. The number of nitrogens with zero attached hydrogens (tertiary/aromatic N) is 2. The van der Waals surface area contributed by atoms with Crippen molar-refractivity contribution in [2.24, 2.45) is 0 Å². The van der Waals surface area contributed by atoms with Gasteiger partial charge in [0.15, 0.2) is 0 Å². The van der Waals surface area contributed by atoms with Crippen LogP contribution < -0.4 is 10.2 Å². The lowest BCUT2D eigenvalue weighted by molar-refractivity contribution is 0.0783. The van der Waals surface area contributed by atoms with Gasteiger partial charge in [0.25, 0.3) is 5.91 Å². The maximum absolute atomic E-state index is 13.4. The van der Waals surface area contributed by atoms with Crippen molar-refractivity contribution in [2.75, 3.05) is 25.0 Å². The third-order valence-electron chi connectivity index (χ3n) is 5.00. The number of amides is 3. The number of aryl methyl sites for hydroxylation is 1. The van der Waals surface area contributed by atoms with E-state index in [9.17, 15) is 14.0 Å². The van der Waals surface area contributed by atoms with Crippen molar-refractivity contribution in [3.8, 4) is 0 Å². The van der Waals surface area contributed by atoms with E-state index in [0.717, 1.165) is 27.8 Å².